The van der Waals surface area contributed by atoms with Crippen molar-refractivity contribution in [1.82, 2.24) is 10.0 Å². The Morgan fingerprint density at radius 1 is 1.23 bits per heavy atom. The molecule has 1 aliphatic heterocycles. The molecule has 1 saturated carbocycles. The Hall–Kier alpha value is -1.93. The Morgan fingerprint density at radius 2 is 1.96 bits per heavy atom. The number of carbonyl (C=O) groups is 2. The Bertz CT molecular complexity index is 801. The van der Waals surface area contributed by atoms with Gasteiger partial charge in [-0.1, -0.05) is 19.8 Å². The predicted molar refractivity (Wildman–Crippen MR) is 98.4 cm³/mol. The minimum absolute atomic E-state index is 0.0288. The number of hydrogen-bond donors (Lipinski definition) is 2. The van der Waals surface area contributed by atoms with E-state index >= 15 is 0 Å². The summed E-state index contributed by atoms with van der Waals surface area (Å²) in [6, 6.07) is 4.91. The third-order valence-electron chi connectivity index (χ3n) is 5.00. The fourth-order valence-electron chi connectivity index (χ4n) is 3.59. The molecule has 0 spiro atoms. The molecule has 0 aromatic heterocycles. The zero-order valence-corrected chi connectivity index (χ0v) is 15.8. The second-order valence-corrected chi connectivity index (χ2v) is 8.58. The third-order valence-corrected chi connectivity index (χ3v) is 6.40. The topological polar surface area (TPSA) is 95.6 Å². The second kappa shape index (κ2) is 7.75. The molecule has 1 heterocycles. The molecule has 0 saturated heterocycles. The lowest BCUT2D eigenvalue weighted by atomic mass is 10.2. The maximum Gasteiger partial charge on any atom is 0.241 e. The number of sulfonamides is 1. The van der Waals surface area contributed by atoms with Gasteiger partial charge >= 0.3 is 0 Å². The first-order valence-electron chi connectivity index (χ1n) is 9.13. The normalized spacial score (nSPS) is 17.3. The van der Waals surface area contributed by atoms with Gasteiger partial charge in [0, 0.05) is 24.7 Å². The summed E-state index contributed by atoms with van der Waals surface area (Å²) < 4.78 is 27.3. The third kappa shape index (κ3) is 4.07. The molecule has 1 aromatic carbocycles. The van der Waals surface area contributed by atoms with Crippen LogP contribution in [0.3, 0.4) is 0 Å². The maximum absolute atomic E-state index is 12.5. The number of anilines is 1. The summed E-state index contributed by atoms with van der Waals surface area (Å²) in [6.07, 6.45) is 5.16. The molecule has 1 fully saturated rings. The average molecular weight is 379 g/mol. The molecule has 8 heteroatoms. The van der Waals surface area contributed by atoms with Gasteiger partial charge in [-0.15, -0.1) is 0 Å². The monoisotopic (exact) mass is 379 g/mol. The van der Waals surface area contributed by atoms with Crippen molar-refractivity contribution in [2.75, 3.05) is 18.0 Å². The quantitative estimate of drug-likeness (QED) is 0.779. The maximum atomic E-state index is 12.5. The summed E-state index contributed by atoms with van der Waals surface area (Å²) in [6.45, 7) is 2.11. The van der Waals surface area contributed by atoms with E-state index in [1.54, 1.807) is 24.0 Å². The number of benzene rings is 1. The molecule has 2 amide bonds. The lowest BCUT2D eigenvalue weighted by Crippen LogP contribution is -2.40. The van der Waals surface area contributed by atoms with E-state index in [-0.39, 0.29) is 29.3 Å². The van der Waals surface area contributed by atoms with E-state index in [4.69, 9.17) is 0 Å². The lowest BCUT2D eigenvalue weighted by Gasteiger charge is -2.16. The summed E-state index contributed by atoms with van der Waals surface area (Å²) >= 11 is 0. The summed E-state index contributed by atoms with van der Waals surface area (Å²) in [4.78, 5) is 25.7. The van der Waals surface area contributed by atoms with Crippen molar-refractivity contribution >= 4 is 27.5 Å². The summed E-state index contributed by atoms with van der Waals surface area (Å²) in [5.74, 6) is -0.276. The Labute approximate surface area is 154 Å². The minimum Gasteiger partial charge on any atom is -0.352 e. The van der Waals surface area contributed by atoms with E-state index in [9.17, 15) is 18.0 Å². The van der Waals surface area contributed by atoms with Crippen molar-refractivity contribution < 1.29 is 18.0 Å². The van der Waals surface area contributed by atoms with Gasteiger partial charge in [0.1, 0.15) is 0 Å². The van der Waals surface area contributed by atoms with Gasteiger partial charge in [0.15, 0.2) is 0 Å². The zero-order chi connectivity index (χ0) is 18.7. The number of rotatable bonds is 6. The van der Waals surface area contributed by atoms with Crippen LogP contribution in [0.2, 0.25) is 0 Å². The van der Waals surface area contributed by atoms with E-state index in [0.717, 1.165) is 36.9 Å². The van der Waals surface area contributed by atoms with Gasteiger partial charge < -0.3 is 10.2 Å². The van der Waals surface area contributed by atoms with Crippen LogP contribution < -0.4 is 14.9 Å². The zero-order valence-electron chi connectivity index (χ0n) is 15.0. The SMILES string of the molecule is CCC(=O)N1CCc2cc(S(=O)(=O)NCC(=O)NC3CCCC3)ccc21. The van der Waals surface area contributed by atoms with Crippen LogP contribution in [0.15, 0.2) is 23.1 Å². The first-order chi connectivity index (χ1) is 12.4. The van der Waals surface area contributed by atoms with E-state index in [2.05, 4.69) is 10.0 Å². The van der Waals surface area contributed by atoms with Gasteiger partial charge in [0.25, 0.3) is 0 Å². The number of nitrogens with one attached hydrogen (secondary N) is 2. The van der Waals surface area contributed by atoms with Gasteiger partial charge in [0.2, 0.25) is 21.8 Å². The molecule has 0 bridgehead atoms. The molecule has 1 aromatic rings. The van der Waals surface area contributed by atoms with Gasteiger partial charge in [-0.3, -0.25) is 9.59 Å². The highest BCUT2D eigenvalue weighted by atomic mass is 32.2. The fourth-order valence-corrected chi connectivity index (χ4v) is 4.62. The van der Waals surface area contributed by atoms with Gasteiger partial charge in [-0.25, -0.2) is 13.1 Å². The number of hydrogen-bond acceptors (Lipinski definition) is 4. The van der Waals surface area contributed by atoms with Crippen molar-refractivity contribution in [3.05, 3.63) is 23.8 Å². The van der Waals surface area contributed by atoms with Gasteiger partial charge in [-0.05, 0) is 43.0 Å². The van der Waals surface area contributed by atoms with Crippen LogP contribution in [0.4, 0.5) is 5.69 Å². The second-order valence-electron chi connectivity index (χ2n) is 6.81. The molecule has 3 rings (SSSR count). The smallest absolute Gasteiger partial charge is 0.241 e. The van der Waals surface area contributed by atoms with E-state index in [1.807, 2.05) is 0 Å². The Morgan fingerprint density at radius 3 is 2.65 bits per heavy atom. The van der Waals surface area contributed by atoms with Crippen LogP contribution in [0.5, 0.6) is 0 Å². The van der Waals surface area contributed by atoms with Crippen LogP contribution in [0, 0.1) is 0 Å². The van der Waals surface area contributed by atoms with Crippen molar-refractivity contribution in [1.29, 1.82) is 0 Å². The first-order valence-corrected chi connectivity index (χ1v) is 10.6. The Kier molecular flexibility index (Phi) is 5.62. The molecule has 0 atom stereocenters. The minimum atomic E-state index is -3.77. The highest BCUT2D eigenvalue weighted by Gasteiger charge is 2.26. The molecular formula is C18H25N3O4S. The van der Waals surface area contributed by atoms with Crippen LogP contribution >= 0.6 is 0 Å². The van der Waals surface area contributed by atoms with Crippen molar-refractivity contribution in [2.45, 2.75) is 56.4 Å². The molecule has 2 N–H and O–H groups in total. The van der Waals surface area contributed by atoms with Crippen LogP contribution in [0.1, 0.15) is 44.6 Å². The number of fused-ring (bicyclic) bond motifs is 1. The molecular weight excluding hydrogens is 354 g/mol. The summed E-state index contributed by atoms with van der Waals surface area (Å²) in [7, 11) is -3.77. The number of amides is 2. The predicted octanol–water partition coefficient (Wildman–Crippen LogP) is 1.32. The molecule has 7 nitrogen and oxygen atoms in total. The number of carbonyl (C=O) groups excluding carboxylic acids is 2. The number of nitrogens with zero attached hydrogens (tertiary/aromatic N) is 1. The summed E-state index contributed by atoms with van der Waals surface area (Å²) in [5, 5.41) is 2.86. The van der Waals surface area contributed by atoms with Crippen molar-refractivity contribution in [3.63, 3.8) is 0 Å². The Balaban J connectivity index is 1.64. The fraction of sp³-hybridized carbons (Fsp3) is 0.556. The van der Waals surface area contributed by atoms with Gasteiger partial charge in [0.05, 0.1) is 11.4 Å². The molecule has 26 heavy (non-hydrogen) atoms. The standard InChI is InChI=1S/C18H25N3O4S/c1-2-18(23)21-10-9-13-11-15(7-8-16(13)21)26(24,25)19-12-17(22)20-14-5-3-4-6-14/h7-8,11,14,19H,2-6,9-10,12H2,1H3,(H,20,22). The molecule has 0 unspecified atom stereocenters. The van der Waals surface area contributed by atoms with Crippen LogP contribution in [-0.4, -0.2) is 39.4 Å². The van der Waals surface area contributed by atoms with Gasteiger partial charge in [-0.2, -0.15) is 0 Å². The molecule has 2 aliphatic rings. The van der Waals surface area contributed by atoms with Crippen molar-refractivity contribution in [3.8, 4) is 0 Å². The van der Waals surface area contributed by atoms with E-state index in [1.165, 1.54) is 6.07 Å². The lowest BCUT2D eigenvalue weighted by molar-refractivity contribution is -0.120. The first kappa shape index (κ1) is 18.8. The van der Waals surface area contributed by atoms with Crippen molar-refractivity contribution in [2.24, 2.45) is 0 Å². The van der Waals surface area contributed by atoms with Crippen LogP contribution in [-0.2, 0) is 26.0 Å². The van der Waals surface area contributed by atoms with E-state index < -0.39 is 10.0 Å². The average Bonchev–Trinajstić information content (AvgIpc) is 3.28. The van der Waals surface area contributed by atoms with Crippen LogP contribution in [0.25, 0.3) is 0 Å². The highest BCUT2D eigenvalue weighted by molar-refractivity contribution is 7.89. The highest BCUT2D eigenvalue weighted by Crippen LogP contribution is 2.30. The van der Waals surface area contributed by atoms with E-state index in [0.29, 0.717) is 19.4 Å². The molecule has 142 valence electrons. The largest absolute Gasteiger partial charge is 0.352 e. The molecule has 0 radical (unpaired) electrons. The summed E-state index contributed by atoms with van der Waals surface area (Å²) in [5.41, 5.74) is 1.61. The molecule has 1 aliphatic carbocycles.